The molecule has 2 heterocycles. The lowest BCUT2D eigenvalue weighted by Gasteiger charge is -2.45. The number of halogens is 3. The van der Waals surface area contributed by atoms with Gasteiger partial charge in [0.1, 0.15) is 0 Å². The van der Waals surface area contributed by atoms with Crippen molar-refractivity contribution in [1.29, 1.82) is 0 Å². The number of piperidine rings is 1. The van der Waals surface area contributed by atoms with E-state index in [0.29, 0.717) is 17.1 Å². The lowest BCUT2D eigenvalue weighted by Crippen LogP contribution is -2.64. The standard InChI is InChI=1S/C26H26F3N3O4S/c1-15-3-7-18(8-4-15)37(34,35)31-19-13-30-14-22(25(19)33)32-20-9-5-16(2)11-23(20)36-24-12-17(26(27,28)29)6-10-21(24)32/h3-12,19,22,25,30-31,33H,13-14H2,1-2H3/t19-,22+,25+/m1/s1. The number of aliphatic hydroxyl groups excluding tert-OH is 1. The van der Waals surface area contributed by atoms with Gasteiger partial charge in [-0.2, -0.15) is 13.2 Å². The number of hydrogen-bond donors (Lipinski definition) is 3. The van der Waals surface area contributed by atoms with Crippen molar-refractivity contribution in [2.24, 2.45) is 0 Å². The Morgan fingerprint density at radius 3 is 2.24 bits per heavy atom. The van der Waals surface area contributed by atoms with E-state index in [1.54, 1.807) is 29.2 Å². The van der Waals surface area contributed by atoms with Gasteiger partial charge in [-0.25, -0.2) is 13.1 Å². The van der Waals surface area contributed by atoms with Crippen LogP contribution in [0.5, 0.6) is 11.5 Å². The van der Waals surface area contributed by atoms with Crippen molar-refractivity contribution in [2.75, 3.05) is 18.0 Å². The van der Waals surface area contributed by atoms with E-state index in [4.69, 9.17) is 4.74 Å². The SMILES string of the molecule is Cc1ccc(S(=O)(=O)N[C@@H]2CNC[C@H](N3c4ccc(C)cc4Oc4cc(C(F)(F)F)ccc43)[C@H]2O)cc1. The van der Waals surface area contributed by atoms with E-state index in [1.807, 2.05) is 19.9 Å². The third kappa shape index (κ3) is 4.91. The monoisotopic (exact) mass is 533 g/mol. The van der Waals surface area contributed by atoms with Crippen molar-refractivity contribution in [2.45, 2.75) is 43.1 Å². The van der Waals surface area contributed by atoms with Crippen LogP contribution in [0.3, 0.4) is 0 Å². The van der Waals surface area contributed by atoms with Gasteiger partial charge in [0.15, 0.2) is 11.5 Å². The van der Waals surface area contributed by atoms with Gasteiger partial charge in [0.25, 0.3) is 0 Å². The Labute approximate surface area is 212 Å². The maximum Gasteiger partial charge on any atom is 0.416 e. The maximum absolute atomic E-state index is 13.4. The number of ether oxygens (including phenoxy) is 1. The Morgan fingerprint density at radius 2 is 1.57 bits per heavy atom. The Hall–Kier alpha value is -3.12. The molecule has 2 aliphatic rings. The summed E-state index contributed by atoms with van der Waals surface area (Å²) in [6.45, 7) is 4.12. The van der Waals surface area contributed by atoms with E-state index < -0.39 is 40.0 Å². The summed E-state index contributed by atoms with van der Waals surface area (Å²) in [5, 5.41) is 14.6. The molecule has 196 valence electrons. The summed E-state index contributed by atoms with van der Waals surface area (Å²) in [5.41, 5.74) is 1.81. The molecule has 0 unspecified atom stereocenters. The van der Waals surface area contributed by atoms with Gasteiger partial charge in [-0.3, -0.25) is 0 Å². The van der Waals surface area contributed by atoms with Crippen LogP contribution in [0.15, 0.2) is 65.6 Å². The van der Waals surface area contributed by atoms with Crippen molar-refractivity contribution >= 4 is 21.4 Å². The summed E-state index contributed by atoms with van der Waals surface area (Å²) >= 11 is 0. The summed E-state index contributed by atoms with van der Waals surface area (Å²) in [7, 11) is -3.93. The van der Waals surface area contributed by atoms with Crippen molar-refractivity contribution in [3.63, 3.8) is 0 Å². The second-order valence-electron chi connectivity index (χ2n) is 9.38. The Morgan fingerprint density at radius 1 is 0.946 bits per heavy atom. The molecule has 0 aromatic heterocycles. The zero-order valence-corrected chi connectivity index (χ0v) is 20.9. The van der Waals surface area contributed by atoms with Crippen LogP contribution < -0.4 is 19.7 Å². The van der Waals surface area contributed by atoms with Crippen LogP contribution in [0.4, 0.5) is 24.5 Å². The van der Waals surface area contributed by atoms with Crippen LogP contribution in [-0.2, 0) is 16.2 Å². The van der Waals surface area contributed by atoms with Crippen molar-refractivity contribution in [1.82, 2.24) is 10.0 Å². The van der Waals surface area contributed by atoms with Crippen LogP contribution in [0.2, 0.25) is 0 Å². The normalized spacial score (nSPS) is 21.7. The van der Waals surface area contributed by atoms with Gasteiger partial charge in [-0.1, -0.05) is 23.8 Å². The molecule has 0 spiro atoms. The maximum atomic E-state index is 13.4. The van der Waals surface area contributed by atoms with Crippen molar-refractivity contribution < 1.29 is 31.4 Å². The molecule has 1 saturated heterocycles. The van der Waals surface area contributed by atoms with Crippen LogP contribution in [0, 0.1) is 13.8 Å². The number of sulfonamides is 1. The number of nitrogens with one attached hydrogen (secondary N) is 2. The highest BCUT2D eigenvalue weighted by molar-refractivity contribution is 7.89. The zero-order valence-electron chi connectivity index (χ0n) is 20.1. The largest absolute Gasteiger partial charge is 0.453 e. The van der Waals surface area contributed by atoms with Gasteiger partial charge in [0.05, 0.1) is 40.0 Å². The van der Waals surface area contributed by atoms with Gasteiger partial charge < -0.3 is 20.1 Å². The van der Waals surface area contributed by atoms with Gasteiger partial charge in [0.2, 0.25) is 10.0 Å². The number of rotatable bonds is 4. The highest BCUT2D eigenvalue weighted by Crippen LogP contribution is 2.50. The summed E-state index contributed by atoms with van der Waals surface area (Å²) in [4.78, 5) is 1.79. The lowest BCUT2D eigenvalue weighted by molar-refractivity contribution is -0.137. The minimum absolute atomic E-state index is 0.00230. The number of nitrogens with zero attached hydrogens (tertiary/aromatic N) is 1. The Balaban J connectivity index is 1.51. The molecule has 3 atom stereocenters. The highest BCUT2D eigenvalue weighted by Gasteiger charge is 2.42. The van der Waals surface area contributed by atoms with Crippen LogP contribution >= 0.6 is 0 Å². The number of benzene rings is 3. The van der Waals surface area contributed by atoms with Crippen LogP contribution in [0.1, 0.15) is 16.7 Å². The Kier molecular flexibility index (Phi) is 6.43. The first kappa shape index (κ1) is 25.5. The van der Waals surface area contributed by atoms with Crippen LogP contribution in [0.25, 0.3) is 0 Å². The predicted octanol–water partition coefficient (Wildman–Crippen LogP) is 4.25. The Bertz CT molecular complexity index is 1430. The molecule has 3 N–H and O–H groups in total. The van der Waals surface area contributed by atoms with Crippen molar-refractivity contribution in [3.05, 3.63) is 77.4 Å². The molecule has 37 heavy (non-hydrogen) atoms. The molecule has 11 heteroatoms. The number of hydrogen-bond acceptors (Lipinski definition) is 6. The minimum atomic E-state index is -4.55. The molecule has 1 fully saturated rings. The molecule has 0 aliphatic carbocycles. The fourth-order valence-corrected chi connectivity index (χ4v) is 5.97. The van der Waals surface area contributed by atoms with E-state index in [1.165, 1.54) is 18.2 Å². The van der Waals surface area contributed by atoms with Gasteiger partial charge in [-0.05, 0) is 61.9 Å². The zero-order chi connectivity index (χ0) is 26.5. The van der Waals surface area contributed by atoms with E-state index >= 15 is 0 Å². The molecule has 3 aromatic rings. The topological polar surface area (TPSA) is 90.9 Å². The van der Waals surface area contributed by atoms with E-state index in [9.17, 15) is 26.7 Å². The van der Waals surface area contributed by atoms with Crippen LogP contribution in [-0.4, -0.2) is 44.8 Å². The first-order chi connectivity index (χ1) is 17.4. The number of anilines is 2. The average molecular weight is 534 g/mol. The van der Waals surface area contributed by atoms with Gasteiger partial charge in [0, 0.05) is 13.1 Å². The molecule has 7 nitrogen and oxygen atoms in total. The first-order valence-corrected chi connectivity index (χ1v) is 13.2. The predicted molar refractivity (Wildman–Crippen MR) is 133 cm³/mol. The average Bonchev–Trinajstić information content (AvgIpc) is 2.83. The van der Waals surface area contributed by atoms with Crippen molar-refractivity contribution in [3.8, 4) is 11.5 Å². The number of fused-ring (bicyclic) bond motifs is 2. The minimum Gasteiger partial charge on any atom is -0.453 e. The summed E-state index contributed by atoms with van der Waals surface area (Å²) in [6.07, 6.45) is -5.75. The number of aliphatic hydroxyl groups is 1. The second-order valence-corrected chi connectivity index (χ2v) is 11.1. The summed E-state index contributed by atoms with van der Waals surface area (Å²) in [5.74, 6) is 0.351. The van der Waals surface area contributed by atoms with E-state index in [-0.39, 0.29) is 23.7 Å². The molecular weight excluding hydrogens is 507 g/mol. The fraction of sp³-hybridized carbons (Fsp3) is 0.308. The molecule has 0 saturated carbocycles. The third-order valence-corrected chi connectivity index (χ3v) is 8.14. The molecule has 5 rings (SSSR count). The lowest BCUT2D eigenvalue weighted by atomic mass is 9.95. The smallest absolute Gasteiger partial charge is 0.416 e. The summed E-state index contributed by atoms with van der Waals surface area (Å²) < 4.78 is 74.7. The van der Waals surface area contributed by atoms with E-state index in [2.05, 4.69) is 10.0 Å². The molecule has 2 aliphatic heterocycles. The molecule has 0 bridgehead atoms. The molecule has 0 amide bonds. The number of alkyl halides is 3. The molecule has 0 radical (unpaired) electrons. The number of aryl methyl sites for hydroxylation is 2. The third-order valence-electron chi connectivity index (χ3n) is 6.64. The first-order valence-electron chi connectivity index (χ1n) is 11.7. The summed E-state index contributed by atoms with van der Waals surface area (Å²) in [6, 6.07) is 13.3. The fourth-order valence-electron chi connectivity index (χ4n) is 4.72. The molecule has 3 aromatic carbocycles. The second kappa shape index (κ2) is 9.32. The highest BCUT2D eigenvalue weighted by atomic mass is 32.2. The quantitative estimate of drug-likeness (QED) is 0.465. The molecular formula is C26H26F3N3O4S. The van der Waals surface area contributed by atoms with Gasteiger partial charge >= 0.3 is 6.18 Å². The van der Waals surface area contributed by atoms with E-state index in [0.717, 1.165) is 23.3 Å². The van der Waals surface area contributed by atoms with Gasteiger partial charge in [-0.15, -0.1) is 0 Å².